The van der Waals surface area contributed by atoms with E-state index in [1.165, 1.54) is 0 Å². The molecule has 3 aromatic rings. The van der Waals surface area contributed by atoms with E-state index in [0.29, 0.717) is 22.3 Å². The van der Waals surface area contributed by atoms with Crippen LogP contribution in [0.5, 0.6) is 0 Å². The number of nitrogens with one attached hydrogen (secondary N) is 4. The zero-order valence-corrected chi connectivity index (χ0v) is 18.7. The predicted octanol–water partition coefficient (Wildman–Crippen LogP) is 4.16. The van der Waals surface area contributed by atoms with Crippen LogP contribution in [-0.4, -0.2) is 40.3 Å². The van der Waals surface area contributed by atoms with E-state index >= 15 is 0 Å². The third-order valence-corrected chi connectivity index (χ3v) is 6.08. The van der Waals surface area contributed by atoms with E-state index in [9.17, 15) is 4.79 Å². The van der Waals surface area contributed by atoms with Crippen LogP contribution in [0.3, 0.4) is 0 Å². The molecule has 0 atom stereocenters. The topological polar surface area (TPSA) is 110 Å². The molecule has 4 N–H and O–H groups in total. The Bertz CT molecular complexity index is 1140. The molecule has 1 fully saturated rings. The first-order chi connectivity index (χ1) is 15.5. The zero-order chi connectivity index (χ0) is 22.5. The van der Waals surface area contributed by atoms with Crippen LogP contribution in [0, 0.1) is 5.41 Å². The maximum Gasteiger partial charge on any atom is 0.276 e. The van der Waals surface area contributed by atoms with Crippen molar-refractivity contribution in [3.05, 3.63) is 74.3 Å². The molecule has 0 bridgehead atoms. The largest absolute Gasteiger partial charge is 0.376 e. The number of pyridine rings is 1. The van der Waals surface area contributed by atoms with Crippen LogP contribution < -0.4 is 21.1 Å². The van der Waals surface area contributed by atoms with E-state index in [4.69, 9.17) is 28.6 Å². The molecule has 10 heteroatoms. The summed E-state index contributed by atoms with van der Waals surface area (Å²) in [5.74, 6) is 1.25. The van der Waals surface area contributed by atoms with Crippen molar-refractivity contribution in [3.8, 4) is 0 Å². The number of halogens is 2. The van der Waals surface area contributed by atoms with Crippen molar-refractivity contribution in [2.45, 2.75) is 25.4 Å². The molecule has 0 aliphatic carbocycles. The van der Waals surface area contributed by atoms with Crippen molar-refractivity contribution >= 4 is 46.9 Å². The first kappa shape index (κ1) is 22.1. The highest BCUT2D eigenvalue weighted by atomic mass is 35.5. The van der Waals surface area contributed by atoms with Gasteiger partial charge in [0.15, 0.2) is 0 Å². The van der Waals surface area contributed by atoms with Crippen LogP contribution >= 0.6 is 23.2 Å². The summed E-state index contributed by atoms with van der Waals surface area (Å²) < 4.78 is 0. The molecule has 0 saturated carbocycles. The lowest BCUT2D eigenvalue weighted by atomic mass is 10.0. The molecule has 0 spiro atoms. The molecule has 166 valence electrons. The van der Waals surface area contributed by atoms with Crippen LogP contribution in [0.4, 0.5) is 17.5 Å². The van der Waals surface area contributed by atoms with Crippen LogP contribution in [0.1, 0.15) is 24.1 Å². The monoisotopic (exact) mass is 471 g/mol. The third-order valence-electron chi connectivity index (χ3n) is 5.34. The second-order valence-electron chi connectivity index (χ2n) is 7.51. The molecule has 1 saturated heterocycles. The van der Waals surface area contributed by atoms with E-state index in [1.54, 1.807) is 18.3 Å². The van der Waals surface area contributed by atoms with Gasteiger partial charge in [0.25, 0.3) is 5.56 Å². The Labute approximate surface area is 195 Å². The number of aromatic nitrogens is 3. The van der Waals surface area contributed by atoms with Gasteiger partial charge in [0.1, 0.15) is 17.2 Å². The van der Waals surface area contributed by atoms with E-state index in [0.717, 1.165) is 43.5 Å². The molecule has 1 aromatic carbocycles. The molecular formula is C22H23Cl2N7O. The SMILES string of the molecule is N=Cc1nc(NCc2ccc(Cl)c(Cl)c2)[nH]c(=O)c1NC1CCN(c2ccccn2)CC1. The molecule has 0 amide bonds. The lowest BCUT2D eigenvalue weighted by molar-refractivity contribution is 0.523. The van der Waals surface area contributed by atoms with Crippen LogP contribution in [0.25, 0.3) is 0 Å². The van der Waals surface area contributed by atoms with Gasteiger partial charge in [-0.05, 0) is 42.7 Å². The number of piperidine rings is 1. The minimum atomic E-state index is -0.317. The Balaban J connectivity index is 1.40. The molecule has 0 unspecified atom stereocenters. The fourth-order valence-electron chi connectivity index (χ4n) is 3.65. The van der Waals surface area contributed by atoms with Gasteiger partial charge >= 0.3 is 0 Å². The molecule has 4 rings (SSSR count). The minimum absolute atomic E-state index is 0.117. The summed E-state index contributed by atoms with van der Waals surface area (Å²) in [7, 11) is 0. The molecule has 2 aromatic heterocycles. The van der Waals surface area contributed by atoms with Crippen molar-refractivity contribution in [3.63, 3.8) is 0 Å². The molecule has 8 nitrogen and oxygen atoms in total. The maximum atomic E-state index is 12.7. The number of hydrogen-bond donors (Lipinski definition) is 4. The Morgan fingerprint density at radius 2 is 2.00 bits per heavy atom. The van der Waals surface area contributed by atoms with Gasteiger partial charge in [-0.15, -0.1) is 0 Å². The average Bonchev–Trinajstić information content (AvgIpc) is 2.82. The first-order valence-corrected chi connectivity index (χ1v) is 11.0. The van der Waals surface area contributed by atoms with E-state index in [-0.39, 0.29) is 23.2 Å². The van der Waals surface area contributed by atoms with E-state index < -0.39 is 0 Å². The normalized spacial score (nSPS) is 14.2. The number of nitrogens with zero attached hydrogens (tertiary/aromatic N) is 3. The van der Waals surface area contributed by atoms with Gasteiger partial charge in [0, 0.05) is 38.1 Å². The summed E-state index contributed by atoms with van der Waals surface area (Å²) in [6, 6.07) is 11.3. The molecule has 1 aliphatic heterocycles. The maximum absolute atomic E-state index is 12.7. The second-order valence-corrected chi connectivity index (χ2v) is 8.33. The van der Waals surface area contributed by atoms with Gasteiger partial charge in [-0.25, -0.2) is 9.97 Å². The highest BCUT2D eigenvalue weighted by Gasteiger charge is 2.22. The number of hydrogen-bond acceptors (Lipinski definition) is 7. The lowest BCUT2D eigenvalue weighted by Gasteiger charge is -2.33. The summed E-state index contributed by atoms with van der Waals surface area (Å²) >= 11 is 12.0. The molecule has 32 heavy (non-hydrogen) atoms. The summed E-state index contributed by atoms with van der Waals surface area (Å²) in [5.41, 5.74) is 1.18. The van der Waals surface area contributed by atoms with Crippen LogP contribution in [0.15, 0.2) is 47.4 Å². The van der Waals surface area contributed by atoms with Crippen molar-refractivity contribution in [1.82, 2.24) is 15.0 Å². The van der Waals surface area contributed by atoms with Crippen molar-refractivity contribution < 1.29 is 0 Å². The molecule has 1 aliphatic rings. The molecular weight excluding hydrogens is 449 g/mol. The molecule has 3 heterocycles. The minimum Gasteiger partial charge on any atom is -0.376 e. The Hall–Kier alpha value is -3.10. The van der Waals surface area contributed by atoms with Crippen molar-refractivity contribution in [2.24, 2.45) is 0 Å². The first-order valence-electron chi connectivity index (χ1n) is 10.3. The number of anilines is 3. The highest BCUT2D eigenvalue weighted by molar-refractivity contribution is 6.42. The average molecular weight is 472 g/mol. The van der Waals surface area contributed by atoms with E-state index in [2.05, 4.69) is 30.5 Å². The van der Waals surface area contributed by atoms with Gasteiger partial charge in [0.2, 0.25) is 5.95 Å². The van der Waals surface area contributed by atoms with Gasteiger partial charge in [-0.1, -0.05) is 35.3 Å². The summed E-state index contributed by atoms with van der Waals surface area (Å²) in [5, 5.41) is 15.0. The fraction of sp³-hybridized carbons (Fsp3) is 0.273. The number of aromatic amines is 1. The summed E-state index contributed by atoms with van der Waals surface area (Å²) in [6.07, 6.45) is 4.58. The van der Waals surface area contributed by atoms with Crippen molar-refractivity contribution in [2.75, 3.05) is 28.6 Å². The standard InChI is InChI=1S/C22H23Cl2N7O/c23-16-5-4-14(11-17(16)24)13-27-22-29-18(12-25)20(21(32)30-22)28-15-6-9-31(10-7-15)19-3-1-2-8-26-19/h1-5,8,11-12,15,25,28H,6-7,9-10,13H2,(H2,27,29,30,32). The Morgan fingerprint density at radius 3 is 2.69 bits per heavy atom. The fourth-order valence-corrected chi connectivity index (χ4v) is 3.97. The zero-order valence-electron chi connectivity index (χ0n) is 17.2. The van der Waals surface area contributed by atoms with E-state index in [1.807, 2.05) is 24.3 Å². The third kappa shape index (κ3) is 5.20. The molecule has 0 radical (unpaired) electrons. The smallest absolute Gasteiger partial charge is 0.276 e. The van der Waals surface area contributed by atoms with Crippen molar-refractivity contribution in [1.29, 1.82) is 5.41 Å². The summed E-state index contributed by atoms with van der Waals surface area (Å²) in [6.45, 7) is 2.07. The second kappa shape index (κ2) is 10.0. The quantitative estimate of drug-likeness (QED) is 0.385. The number of H-pyrrole nitrogens is 1. The van der Waals surface area contributed by atoms with Gasteiger partial charge < -0.3 is 20.9 Å². The Kier molecular flexibility index (Phi) is 6.92. The highest BCUT2D eigenvalue weighted by Crippen LogP contribution is 2.23. The van der Waals surface area contributed by atoms with Crippen LogP contribution in [-0.2, 0) is 6.54 Å². The van der Waals surface area contributed by atoms with Gasteiger partial charge in [-0.2, -0.15) is 0 Å². The number of rotatable bonds is 7. The van der Waals surface area contributed by atoms with Gasteiger partial charge in [-0.3, -0.25) is 9.78 Å². The number of benzene rings is 1. The van der Waals surface area contributed by atoms with Crippen LogP contribution in [0.2, 0.25) is 10.0 Å². The Morgan fingerprint density at radius 1 is 1.19 bits per heavy atom. The summed E-state index contributed by atoms with van der Waals surface area (Å²) in [4.78, 5) is 26.5. The predicted molar refractivity (Wildman–Crippen MR) is 130 cm³/mol. The van der Waals surface area contributed by atoms with Gasteiger partial charge in [0.05, 0.1) is 10.0 Å². The lowest BCUT2D eigenvalue weighted by Crippen LogP contribution is -2.40.